The molecule has 0 aliphatic carbocycles. The molecule has 1 N–H and O–H groups in total. The van der Waals surface area contributed by atoms with Gasteiger partial charge in [0.2, 0.25) is 0 Å². The molecule has 4 nitrogen and oxygen atoms in total. The minimum atomic E-state index is -3.03. The van der Waals surface area contributed by atoms with Gasteiger partial charge in [0, 0.05) is 0 Å². The Balaban J connectivity index is 2.46. The number of thiocarbonyl (C=S) groups is 1. The highest BCUT2D eigenvalue weighted by Gasteiger charge is 2.37. The third-order valence-electron chi connectivity index (χ3n) is 2.47. The standard InChI is InChI=1S/C9H16ClNO3S2/c1-3-6(2)14-9(15)11-8-5-16(12,13)4-7(8)10/h6-8H,3-5H2,1-2H3,(H,11,15)/t6-,7+,8-/m1/s1. The predicted molar refractivity (Wildman–Crippen MR) is 68.7 cm³/mol. The number of hydrogen-bond acceptors (Lipinski definition) is 4. The molecule has 0 aromatic heterocycles. The maximum atomic E-state index is 11.3. The summed E-state index contributed by atoms with van der Waals surface area (Å²) in [5.41, 5.74) is 0. The number of ether oxygens (including phenoxy) is 1. The molecule has 1 fully saturated rings. The summed E-state index contributed by atoms with van der Waals surface area (Å²) < 4.78 is 28.0. The Bertz CT molecular complexity index is 358. The number of sulfone groups is 1. The maximum Gasteiger partial charge on any atom is 0.257 e. The summed E-state index contributed by atoms with van der Waals surface area (Å²) in [5, 5.41) is 2.63. The zero-order valence-corrected chi connectivity index (χ0v) is 11.7. The lowest BCUT2D eigenvalue weighted by atomic mass is 10.2. The fraction of sp³-hybridized carbons (Fsp3) is 0.889. The quantitative estimate of drug-likeness (QED) is 0.621. The van der Waals surface area contributed by atoms with Gasteiger partial charge in [0.05, 0.1) is 29.0 Å². The van der Waals surface area contributed by atoms with Crippen molar-refractivity contribution in [3.05, 3.63) is 0 Å². The van der Waals surface area contributed by atoms with Crippen LogP contribution in [0.4, 0.5) is 0 Å². The minimum Gasteiger partial charge on any atom is -0.468 e. The highest BCUT2D eigenvalue weighted by molar-refractivity contribution is 7.91. The Hall–Kier alpha value is -0.0700. The summed E-state index contributed by atoms with van der Waals surface area (Å²) in [6.45, 7) is 3.88. The molecular formula is C9H16ClNO3S2. The van der Waals surface area contributed by atoms with E-state index in [1.165, 1.54) is 0 Å². The Morgan fingerprint density at radius 1 is 1.62 bits per heavy atom. The van der Waals surface area contributed by atoms with Crippen molar-refractivity contribution >= 4 is 38.8 Å². The van der Waals surface area contributed by atoms with Gasteiger partial charge in [-0.2, -0.15) is 0 Å². The van der Waals surface area contributed by atoms with Crippen LogP contribution in [0.2, 0.25) is 0 Å². The largest absolute Gasteiger partial charge is 0.468 e. The number of hydrogen-bond donors (Lipinski definition) is 1. The molecule has 94 valence electrons. The van der Waals surface area contributed by atoms with Crippen molar-refractivity contribution < 1.29 is 13.2 Å². The van der Waals surface area contributed by atoms with Gasteiger partial charge >= 0.3 is 0 Å². The van der Waals surface area contributed by atoms with E-state index in [0.29, 0.717) is 0 Å². The first-order chi connectivity index (χ1) is 7.34. The average Bonchev–Trinajstić information content (AvgIpc) is 2.39. The average molecular weight is 286 g/mol. The van der Waals surface area contributed by atoms with Crippen molar-refractivity contribution in [3.8, 4) is 0 Å². The van der Waals surface area contributed by atoms with E-state index < -0.39 is 15.2 Å². The summed E-state index contributed by atoms with van der Waals surface area (Å²) >= 11 is 10.9. The van der Waals surface area contributed by atoms with Crippen LogP contribution >= 0.6 is 23.8 Å². The summed E-state index contributed by atoms with van der Waals surface area (Å²) in [5.74, 6) is 0.0172. The third-order valence-corrected chi connectivity index (χ3v) is 5.06. The van der Waals surface area contributed by atoms with E-state index in [1.807, 2.05) is 13.8 Å². The Morgan fingerprint density at radius 2 is 2.25 bits per heavy atom. The first kappa shape index (κ1) is 14.0. The Morgan fingerprint density at radius 3 is 2.69 bits per heavy atom. The van der Waals surface area contributed by atoms with E-state index in [2.05, 4.69) is 5.32 Å². The molecule has 0 saturated carbocycles. The first-order valence-corrected chi connectivity index (χ1v) is 7.82. The fourth-order valence-electron chi connectivity index (χ4n) is 1.39. The van der Waals surface area contributed by atoms with Crippen LogP contribution in [0.25, 0.3) is 0 Å². The van der Waals surface area contributed by atoms with Crippen LogP contribution in [0.1, 0.15) is 20.3 Å². The van der Waals surface area contributed by atoms with Crippen molar-refractivity contribution in [2.75, 3.05) is 11.5 Å². The van der Waals surface area contributed by atoms with Gasteiger partial charge in [-0.15, -0.1) is 11.6 Å². The van der Waals surface area contributed by atoms with Crippen molar-refractivity contribution in [1.29, 1.82) is 0 Å². The Labute approximate surface area is 107 Å². The topological polar surface area (TPSA) is 55.4 Å². The van der Waals surface area contributed by atoms with Crippen LogP contribution in [0.3, 0.4) is 0 Å². The second kappa shape index (κ2) is 5.51. The molecule has 0 aromatic carbocycles. The van der Waals surface area contributed by atoms with Crippen LogP contribution < -0.4 is 5.32 Å². The van der Waals surface area contributed by atoms with E-state index in [0.717, 1.165) is 6.42 Å². The summed E-state index contributed by atoms with van der Waals surface area (Å²) in [7, 11) is -3.03. The molecule has 0 aromatic rings. The van der Waals surface area contributed by atoms with E-state index in [-0.39, 0.29) is 28.8 Å². The molecule has 1 aliphatic heterocycles. The lowest BCUT2D eigenvalue weighted by molar-refractivity contribution is 0.198. The predicted octanol–water partition coefficient (Wildman–Crippen LogP) is 1.08. The van der Waals surface area contributed by atoms with Crippen LogP contribution in [-0.4, -0.2) is 42.6 Å². The SMILES string of the molecule is CC[C@@H](C)OC(=S)N[C@@H]1CS(=O)(=O)C[C@@H]1Cl. The van der Waals surface area contributed by atoms with Crippen molar-refractivity contribution in [2.24, 2.45) is 0 Å². The smallest absolute Gasteiger partial charge is 0.257 e. The van der Waals surface area contributed by atoms with Gasteiger partial charge in [0.25, 0.3) is 5.17 Å². The molecule has 1 heterocycles. The van der Waals surface area contributed by atoms with E-state index in [9.17, 15) is 8.42 Å². The zero-order valence-electron chi connectivity index (χ0n) is 9.27. The van der Waals surface area contributed by atoms with E-state index in [4.69, 9.17) is 28.6 Å². The minimum absolute atomic E-state index is 0.00182. The van der Waals surface area contributed by atoms with Gasteiger partial charge in [0.1, 0.15) is 0 Å². The lowest BCUT2D eigenvalue weighted by Gasteiger charge is -2.19. The molecule has 0 unspecified atom stereocenters. The third kappa shape index (κ3) is 4.07. The summed E-state index contributed by atoms with van der Waals surface area (Å²) in [6, 6.07) is -0.344. The van der Waals surface area contributed by atoms with E-state index >= 15 is 0 Å². The molecule has 1 rings (SSSR count). The molecule has 0 radical (unpaired) electrons. The van der Waals surface area contributed by atoms with Gasteiger partial charge < -0.3 is 10.1 Å². The molecular weight excluding hydrogens is 270 g/mol. The highest BCUT2D eigenvalue weighted by atomic mass is 35.5. The molecule has 0 bridgehead atoms. The molecule has 3 atom stereocenters. The molecule has 0 amide bonds. The molecule has 1 saturated heterocycles. The number of alkyl halides is 1. The normalized spacial score (nSPS) is 29.7. The number of halogens is 1. The maximum absolute atomic E-state index is 11.3. The monoisotopic (exact) mass is 285 g/mol. The summed E-state index contributed by atoms with van der Waals surface area (Å²) in [6.07, 6.45) is 0.863. The zero-order chi connectivity index (χ0) is 12.3. The van der Waals surface area contributed by atoms with Crippen LogP contribution in [-0.2, 0) is 14.6 Å². The van der Waals surface area contributed by atoms with Gasteiger partial charge in [-0.1, -0.05) is 6.92 Å². The van der Waals surface area contributed by atoms with Crippen molar-refractivity contribution in [1.82, 2.24) is 5.32 Å². The van der Waals surface area contributed by atoms with E-state index in [1.54, 1.807) is 0 Å². The fourth-order valence-corrected chi connectivity index (χ4v) is 4.25. The van der Waals surface area contributed by atoms with Gasteiger partial charge in [-0.3, -0.25) is 0 Å². The first-order valence-electron chi connectivity index (χ1n) is 5.15. The van der Waals surface area contributed by atoms with Crippen molar-refractivity contribution in [3.63, 3.8) is 0 Å². The molecule has 16 heavy (non-hydrogen) atoms. The number of rotatable bonds is 3. The number of nitrogens with one attached hydrogen (secondary N) is 1. The van der Waals surface area contributed by atoms with Crippen LogP contribution in [0, 0.1) is 0 Å². The second-order valence-electron chi connectivity index (χ2n) is 3.97. The van der Waals surface area contributed by atoms with Gasteiger partial charge in [-0.25, -0.2) is 8.42 Å². The van der Waals surface area contributed by atoms with Gasteiger partial charge in [-0.05, 0) is 25.6 Å². The van der Waals surface area contributed by atoms with Gasteiger partial charge in [0.15, 0.2) is 9.84 Å². The Kier molecular flexibility index (Phi) is 4.82. The molecule has 7 heteroatoms. The second-order valence-corrected chi connectivity index (χ2v) is 7.05. The van der Waals surface area contributed by atoms with Crippen LogP contribution in [0.15, 0.2) is 0 Å². The highest BCUT2D eigenvalue weighted by Crippen LogP contribution is 2.18. The lowest BCUT2D eigenvalue weighted by Crippen LogP contribution is -2.41. The van der Waals surface area contributed by atoms with Crippen molar-refractivity contribution in [2.45, 2.75) is 37.8 Å². The molecule has 1 aliphatic rings. The van der Waals surface area contributed by atoms with Crippen LogP contribution in [0.5, 0.6) is 0 Å². The molecule has 0 spiro atoms. The summed E-state index contributed by atoms with van der Waals surface area (Å²) in [4.78, 5) is 0.